The first-order valence-corrected chi connectivity index (χ1v) is 16.2. The first-order chi connectivity index (χ1) is 22.1. The van der Waals surface area contributed by atoms with Crippen LogP contribution in [0.3, 0.4) is 0 Å². The Bertz CT molecular complexity index is 1670. The van der Waals surface area contributed by atoms with Gasteiger partial charge in [-0.2, -0.15) is 0 Å². The van der Waals surface area contributed by atoms with Crippen molar-refractivity contribution >= 4 is 28.9 Å². The standard InChI is InChI=1S/C37H45N5O4/c1-26(2)10-9-11-27(3)19-22-41-34-17-16-31(42-33-14-6-5-13-29(33)15-18-35(42)44)24-32(34)37(46,36(41)45)28(4)12-7-8-21-40-25-30(20-23-43)38-39-40/h5-7,10,12-14,16-17,19,24-25,28,43,46H,8-9,11,15,18,20-23H2,1-4H3/b12-7+,27-19+/t28-,37+/m0/s1. The maximum Gasteiger partial charge on any atom is 0.264 e. The molecule has 1 aromatic heterocycles. The van der Waals surface area contributed by atoms with Gasteiger partial charge in [0.15, 0.2) is 5.60 Å². The molecule has 2 aromatic carbocycles. The van der Waals surface area contributed by atoms with Crippen molar-refractivity contribution in [2.24, 2.45) is 5.92 Å². The van der Waals surface area contributed by atoms with E-state index in [2.05, 4.69) is 43.2 Å². The lowest BCUT2D eigenvalue weighted by Gasteiger charge is -2.31. The summed E-state index contributed by atoms with van der Waals surface area (Å²) in [5, 5.41) is 29.7. The Hall–Kier alpha value is -4.34. The van der Waals surface area contributed by atoms with E-state index in [1.165, 1.54) is 11.1 Å². The molecule has 0 unspecified atom stereocenters. The Balaban J connectivity index is 1.44. The number of anilines is 3. The normalized spacial score (nSPS) is 18.7. The van der Waals surface area contributed by atoms with E-state index in [0.717, 1.165) is 29.8 Å². The van der Waals surface area contributed by atoms with E-state index in [1.54, 1.807) is 14.5 Å². The van der Waals surface area contributed by atoms with Gasteiger partial charge in [0, 0.05) is 55.9 Å². The van der Waals surface area contributed by atoms with Crippen LogP contribution in [0.2, 0.25) is 0 Å². The van der Waals surface area contributed by atoms with Gasteiger partial charge >= 0.3 is 0 Å². The zero-order chi connectivity index (χ0) is 32.8. The number of benzene rings is 2. The minimum Gasteiger partial charge on any atom is -0.396 e. The summed E-state index contributed by atoms with van der Waals surface area (Å²) in [5.74, 6) is -0.936. The van der Waals surface area contributed by atoms with Gasteiger partial charge in [0.05, 0.1) is 17.1 Å². The molecule has 9 heteroatoms. The summed E-state index contributed by atoms with van der Waals surface area (Å²) in [6, 6.07) is 13.4. The molecular weight excluding hydrogens is 578 g/mol. The first-order valence-electron chi connectivity index (χ1n) is 16.2. The fourth-order valence-corrected chi connectivity index (χ4v) is 6.23. The summed E-state index contributed by atoms with van der Waals surface area (Å²) in [6.07, 6.45) is 13.9. The number of amides is 2. The summed E-state index contributed by atoms with van der Waals surface area (Å²) in [6.45, 7) is 9.04. The van der Waals surface area contributed by atoms with Crippen LogP contribution in [0.25, 0.3) is 0 Å². The van der Waals surface area contributed by atoms with Crippen molar-refractivity contribution in [3.63, 3.8) is 0 Å². The second-order valence-corrected chi connectivity index (χ2v) is 12.6. The Kier molecular flexibility index (Phi) is 10.3. The Labute approximate surface area is 271 Å². The zero-order valence-electron chi connectivity index (χ0n) is 27.3. The zero-order valence-corrected chi connectivity index (χ0v) is 27.3. The second kappa shape index (κ2) is 14.4. The van der Waals surface area contributed by atoms with E-state index >= 15 is 0 Å². The molecule has 0 saturated heterocycles. The predicted octanol–water partition coefficient (Wildman–Crippen LogP) is 5.93. The SMILES string of the molecule is CC(C)=CCC/C(C)=C/CN1C(=O)[C@@](O)([C@@H](C)/C=C/CCn2cc(CCO)nn2)c2cc(N3C(=O)CCc4ccccc43)ccc21. The maximum absolute atomic E-state index is 14.2. The number of fused-ring (bicyclic) bond motifs is 2. The van der Waals surface area contributed by atoms with Crippen molar-refractivity contribution in [1.82, 2.24) is 15.0 Å². The molecule has 3 heterocycles. The van der Waals surface area contributed by atoms with Crippen molar-refractivity contribution < 1.29 is 19.8 Å². The monoisotopic (exact) mass is 623 g/mol. The van der Waals surface area contributed by atoms with E-state index in [0.29, 0.717) is 55.7 Å². The van der Waals surface area contributed by atoms with Crippen LogP contribution in [0.5, 0.6) is 0 Å². The molecule has 0 fully saturated rings. The van der Waals surface area contributed by atoms with Crippen molar-refractivity contribution in [1.29, 1.82) is 0 Å². The molecule has 46 heavy (non-hydrogen) atoms. The van der Waals surface area contributed by atoms with Crippen molar-refractivity contribution in [2.45, 2.75) is 78.4 Å². The third kappa shape index (κ3) is 6.90. The molecule has 2 N–H and O–H groups in total. The molecule has 0 radical (unpaired) electrons. The molecule has 5 rings (SSSR count). The molecule has 9 nitrogen and oxygen atoms in total. The maximum atomic E-state index is 14.2. The van der Waals surface area contributed by atoms with Crippen LogP contribution in [0.15, 0.2) is 84.1 Å². The second-order valence-electron chi connectivity index (χ2n) is 12.6. The number of aliphatic hydroxyl groups excluding tert-OH is 1. The number of rotatable bonds is 13. The summed E-state index contributed by atoms with van der Waals surface area (Å²) >= 11 is 0. The summed E-state index contributed by atoms with van der Waals surface area (Å²) in [5.41, 5.74) is 5.10. The number of carbonyl (C=O) groups is 2. The molecular formula is C37H45N5O4. The molecule has 0 aliphatic carbocycles. The minimum atomic E-state index is -1.81. The van der Waals surface area contributed by atoms with Crippen molar-refractivity contribution in [3.05, 3.63) is 101 Å². The number of carbonyl (C=O) groups excluding carboxylic acids is 2. The highest BCUT2D eigenvalue weighted by Crippen LogP contribution is 2.48. The van der Waals surface area contributed by atoms with Gasteiger partial charge in [-0.15, -0.1) is 5.10 Å². The molecule has 3 aromatic rings. The fourth-order valence-electron chi connectivity index (χ4n) is 6.23. The Morgan fingerprint density at radius 3 is 2.63 bits per heavy atom. The van der Waals surface area contributed by atoms with E-state index in [9.17, 15) is 14.7 Å². The third-order valence-electron chi connectivity index (χ3n) is 8.88. The van der Waals surface area contributed by atoms with Crippen LogP contribution in [0.1, 0.15) is 70.2 Å². The van der Waals surface area contributed by atoms with E-state index in [1.807, 2.05) is 67.7 Å². The van der Waals surface area contributed by atoms with Crippen molar-refractivity contribution in [2.75, 3.05) is 23.0 Å². The van der Waals surface area contributed by atoms with Gasteiger partial charge in [-0.05, 0) is 76.3 Å². The quantitative estimate of drug-likeness (QED) is 0.228. The number of aromatic nitrogens is 3. The van der Waals surface area contributed by atoms with Gasteiger partial charge in [0.1, 0.15) is 0 Å². The van der Waals surface area contributed by atoms with Gasteiger partial charge in [0.25, 0.3) is 5.91 Å². The highest BCUT2D eigenvalue weighted by Gasteiger charge is 2.52. The fraction of sp³-hybridized carbons (Fsp3) is 0.405. The molecule has 2 aliphatic rings. The van der Waals surface area contributed by atoms with Gasteiger partial charge in [-0.3, -0.25) is 19.2 Å². The van der Waals surface area contributed by atoms with Gasteiger partial charge in [-0.25, -0.2) is 0 Å². The number of hydrogen-bond acceptors (Lipinski definition) is 6. The highest BCUT2D eigenvalue weighted by atomic mass is 16.3. The lowest BCUT2D eigenvalue weighted by atomic mass is 9.82. The van der Waals surface area contributed by atoms with Gasteiger partial charge in [-0.1, -0.05) is 65.8 Å². The van der Waals surface area contributed by atoms with Gasteiger partial charge < -0.3 is 15.1 Å². The summed E-state index contributed by atoms with van der Waals surface area (Å²) in [7, 11) is 0. The van der Waals surface area contributed by atoms with E-state index in [-0.39, 0.29) is 18.4 Å². The number of aliphatic hydroxyl groups is 2. The van der Waals surface area contributed by atoms with Crippen LogP contribution < -0.4 is 9.80 Å². The largest absolute Gasteiger partial charge is 0.396 e. The average Bonchev–Trinajstić information content (AvgIpc) is 3.57. The third-order valence-corrected chi connectivity index (χ3v) is 8.88. The summed E-state index contributed by atoms with van der Waals surface area (Å²) < 4.78 is 1.72. The summed E-state index contributed by atoms with van der Waals surface area (Å²) in [4.78, 5) is 30.8. The number of allylic oxidation sites excluding steroid dienone is 4. The number of aryl methyl sites for hydroxylation is 2. The average molecular weight is 624 g/mol. The molecule has 2 atom stereocenters. The van der Waals surface area contributed by atoms with Gasteiger partial charge in [0.2, 0.25) is 5.91 Å². The van der Waals surface area contributed by atoms with Crippen LogP contribution in [-0.4, -0.2) is 50.2 Å². The highest BCUT2D eigenvalue weighted by molar-refractivity contribution is 6.09. The number of hydrogen-bond donors (Lipinski definition) is 2. The molecule has 2 amide bonds. The molecule has 0 spiro atoms. The topological polar surface area (TPSA) is 112 Å². The smallest absolute Gasteiger partial charge is 0.264 e. The number of nitrogens with zero attached hydrogens (tertiary/aromatic N) is 5. The molecule has 0 bridgehead atoms. The van der Waals surface area contributed by atoms with E-state index < -0.39 is 11.5 Å². The molecule has 2 aliphatic heterocycles. The molecule has 0 saturated carbocycles. The lowest BCUT2D eigenvalue weighted by Crippen LogP contribution is -2.44. The van der Waals surface area contributed by atoms with Crippen LogP contribution in [0, 0.1) is 5.92 Å². The predicted molar refractivity (Wildman–Crippen MR) is 181 cm³/mol. The van der Waals surface area contributed by atoms with Crippen LogP contribution in [0.4, 0.5) is 17.1 Å². The Morgan fingerprint density at radius 2 is 1.85 bits per heavy atom. The van der Waals surface area contributed by atoms with Crippen LogP contribution in [-0.2, 0) is 34.6 Å². The first kappa shape index (κ1) is 33.0. The molecule has 242 valence electrons. The van der Waals surface area contributed by atoms with E-state index in [4.69, 9.17) is 5.11 Å². The Morgan fingerprint density at radius 1 is 1.04 bits per heavy atom. The van der Waals surface area contributed by atoms with Crippen LogP contribution >= 0.6 is 0 Å². The van der Waals surface area contributed by atoms with Crippen molar-refractivity contribution in [3.8, 4) is 0 Å². The minimum absolute atomic E-state index is 0.0125. The number of para-hydroxylation sites is 1. The lowest BCUT2D eigenvalue weighted by molar-refractivity contribution is -0.139.